The van der Waals surface area contributed by atoms with E-state index >= 15 is 0 Å². The van der Waals surface area contributed by atoms with Gasteiger partial charge in [-0.05, 0) is 44.9 Å². The van der Waals surface area contributed by atoms with E-state index in [0.717, 1.165) is 64.2 Å². The monoisotopic (exact) mass is 1020 g/mol. The van der Waals surface area contributed by atoms with Crippen LogP contribution < -0.4 is 0 Å². The maximum absolute atomic E-state index is 12.8. The Morgan fingerprint density at radius 3 is 0.808 bits per heavy atom. The number of esters is 3. The Morgan fingerprint density at radius 1 is 0.288 bits per heavy atom. The highest BCUT2D eigenvalue weighted by Crippen LogP contribution is 2.18. The van der Waals surface area contributed by atoms with Crippen LogP contribution in [0.1, 0.15) is 342 Å². The van der Waals surface area contributed by atoms with E-state index in [1.165, 1.54) is 231 Å². The lowest BCUT2D eigenvalue weighted by Gasteiger charge is -2.18. The van der Waals surface area contributed by atoms with Crippen LogP contribution in [0.3, 0.4) is 0 Å². The fourth-order valence-electron chi connectivity index (χ4n) is 9.58. The van der Waals surface area contributed by atoms with Crippen LogP contribution >= 0.6 is 0 Å². The van der Waals surface area contributed by atoms with Crippen molar-refractivity contribution in [2.75, 3.05) is 13.2 Å². The van der Waals surface area contributed by atoms with Gasteiger partial charge in [0, 0.05) is 19.3 Å². The summed E-state index contributed by atoms with van der Waals surface area (Å²) in [4.78, 5) is 38.1. The molecule has 6 nitrogen and oxygen atoms in total. The molecule has 0 heterocycles. The van der Waals surface area contributed by atoms with Gasteiger partial charge in [-0.15, -0.1) is 0 Å². The third kappa shape index (κ3) is 60.1. The highest BCUT2D eigenvalue weighted by Gasteiger charge is 2.19. The maximum atomic E-state index is 12.8. The van der Waals surface area contributed by atoms with Gasteiger partial charge in [0.15, 0.2) is 6.10 Å². The molecule has 0 N–H and O–H groups in total. The van der Waals surface area contributed by atoms with Gasteiger partial charge in [-0.25, -0.2) is 0 Å². The Morgan fingerprint density at radius 2 is 0.534 bits per heavy atom. The van der Waals surface area contributed by atoms with E-state index in [2.05, 4.69) is 63.3 Å². The Bertz CT molecular complexity index is 1270. The van der Waals surface area contributed by atoms with Crippen LogP contribution in [0.4, 0.5) is 0 Å². The van der Waals surface area contributed by atoms with Crippen molar-refractivity contribution in [3.63, 3.8) is 0 Å². The van der Waals surface area contributed by atoms with E-state index in [4.69, 9.17) is 14.2 Å². The molecule has 0 aliphatic rings. The van der Waals surface area contributed by atoms with Crippen LogP contribution in [0.5, 0.6) is 0 Å². The normalized spacial score (nSPS) is 12.3. The first-order chi connectivity index (χ1) is 36.0. The van der Waals surface area contributed by atoms with E-state index in [1.54, 1.807) is 0 Å². The van der Waals surface area contributed by atoms with Crippen LogP contribution in [-0.4, -0.2) is 37.2 Å². The van der Waals surface area contributed by atoms with Crippen molar-refractivity contribution in [3.8, 4) is 0 Å². The van der Waals surface area contributed by atoms with E-state index in [1.807, 2.05) is 6.08 Å². The summed E-state index contributed by atoms with van der Waals surface area (Å²) in [7, 11) is 0. The van der Waals surface area contributed by atoms with Gasteiger partial charge in [0.25, 0.3) is 0 Å². The molecule has 0 aromatic rings. The summed E-state index contributed by atoms with van der Waals surface area (Å²) in [6.45, 7) is 6.51. The smallest absolute Gasteiger partial charge is 0.306 e. The van der Waals surface area contributed by atoms with Gasteiger partial charge in [-0.2, -0.15) is 0 Å². The van der Waals surface area contributed by atoms with Crippen LogP contribution in [0.15, 0.2) is 48.6 Å². The standard InChI is InChI=1S/C67H122O6/c1-4-7-10-13-16-19-22-25-26-27-28-29-30-31-32-33-34-35-36-37-38-39-40-41-43-45-48-51-54-57-60-66(69)72-63-64(62-71-65(68)59-56-53-50-47-44-24-21-18-15-12-9-6-3)73-67(70)61-58-55-52-49-46-42-23-20-17-14-11-8-5-2/h8,11,17,20,42,46,52,55,64H,4-7,9-10,12-16,18-19,21-41,43-45,47-51,53-54,56-63H2,1-3H3/b11-8-,20-17-,46-42-,55-52-. The van der Waals surface area contributed by atoms with Crippen molar-refractivity contribution in [3.05, 3.63) is 48.6 Å². The van der Waals surface area contributed by atoms with Gasteiger partial charge < -0.3 is 14.2 Å². The summed E-state index contributed by atoms with van der Waals surface area (Å²) in [5.41, 5.74) is 0. The zero-order valence-corrected chi connectivity index (χ0v) is 48.9. The SMILES string of the molecule is CC/C=C\C/C=C\C/C=C\C/C=C\CCC(=O)OC(COC(=O)CCCCCCCCCCCCCC)COC(=O)CCCCCCCCCCCCCCCCCCCCCCCCCCCCCCCC. The van der Waals surface area contributed by atoms with E-state index in [9.17, 15) is 14.4 Å². The highest BCUT2D eigenvalue weighted by atomic mass is 16.6. The first kappa shape index (κ1) is 70.4. The molecular formula is C67H122O6. The fourth-order valence-corrected chi connectivity index (χ4v) is 9.58. The van der Waals surface area contributed by atoms with Crippen LogP contribution in [0.2, 0.25) is 0 Å². The zero-order chi connectivity index (χ0) is 52.9. The third-order valence-corrected chi connectivity index (χ3v) is 14.4. The number of unbranched alkanes of at least 4 members (excludes halogenated alkanes) is 40. The minimum absolute atomic E-state index is 0.0972. The van der Waals surface area contributed by atoms with Crippen molar-refractivity contribution in [2.24, 2.45) is 0 Å². The summed E-state index contributed by atoms with van der Waals surface area (Å²) in [5, 5.41) is 0. The largest absolute Gasteiger partial charge is 0.462 e. The van der Waals surface area contributed by atoms with Gasteiger partial charge in [0.1, 0.15) is 13.2 Å². The molecule has 0 aromatic carbocycles. The molecule has 0 radical (unpaired) electrons. The van der Waals surface area contributed by atoms with Crippen molar-refractivity contribution < 1.29 is 28.6 Å². The van der Waals surface area contributed by atoms with Gasteiger partial charge in [0.2, 0.25) is 0 Å². The summed E-state index contributed by atoms with van der Waals surface area (Å²) < 4.78 is 16.8. The molecule has 6 heteroatoms. The molecule has 0 saturated heterocycles. The third-order valence-electron chi connectivity index (χ3n) is 14.4. The summed E-state index contributed by atoms with van der Waals surface area (Å²) in [6, 6.07) is 0. The minimum Gasteiger partial charge on any atom is -0.462 e. The Balaban J connectivity index is 4.11. The van der Waals surface area contributed by atoms with Gasteiger partial charge in [-0.1, -0.05) is 326 Å². The average Bonchev–Trinajstić information content (AvgIpc) is 3.39. The average molecular weight is 1020 g/mol. The van der Waals surface area contributed by atoms with Crippen LogP contribution in [0, 0.1) is 0 Å². The summed E-state index contributed by atoms with van der Waals surface area (Å²) in [5.74, 6) is -0.962. The van der Waals surface area contributed by atoms with Gasteiger partial charge in [0.05, 0.1) is 0 Å². The molecule has 426 valence electrons. The number of carbonyl (C=O) groups excluding carboxylic acids is 3. The lowest BCUT2D eigenvalue weighted by Crippen LogP contribution is -2.30. The predicted octanol–water partition coefficient (Wildman–Crippen LogP) is 21.8. The molecule has 0 bridgehead atoms. The van der Waals surface area contributed by atoms with E-state index < -0.39 is 6.10 Å². The zero-order valence-electron chi connectivity index (χ0n) is 48.9. The quantitative estimate of drug-likeness (QED) is 0.0261. The van der Waals surface area contributed by atoms with Crippen LogP contribution in [0.25, 0.3) is 0 Å². The van der Waals surface area contributed by atoms with Crippen LogP contribution in [-0.2, 0) is 28.6 Å². The van der Waals surface area contributed by atoms with E-state index in [-0.39, 0.29) is 37.5 Å². The molecule has 0 aliphatic carbocycles. The molecule has 0 fully saturated rings. The predicted molar refractivity (Wildman–Crippen MR) is 316 cm³/mol. The molecule has 0 amide bonds. The van der Waals surface area contributed by atoms with Gasteiger partial charge in [-0.3, -0.25) is 14.4 Å². The molecule has 0 saturated carbocycles. The number of carbonyl (C=O) groups is 3. The summed E-state index contributed by atoms with van der Waals surface area (Å²) in [6.07, 6.45) is 77.4. The molecule has 73 heavy (non-hydrogen) atoms. The molecule has 0 aromatic heterocycles. The molecule has 0 rings (SSSR count). The van der Waals surface area contributed by atoms with Crippen molar-refractivity contribution in [1.82, 2.24) is 0 Å². The minimum atomic E-state index is -0.807. The molecule has 1 unspecified atom stereocenters. The second-order valence-corrected chi connectivity index (χ2v) is 21.7. The lowest BCUT2D eigenvalue weighted by molar-refractivity contribution is -0.166. The van der Waals surface area contributed by atoms with E-state index in [0.29, 0.717) is 19.3 Å². The lowest BCUT2D eigenvalue weighted by atomic mass is 10.0. The van der Waals surface area contributed by atoms with Crippen molar-refractivity contribution in [1.29, 1.82) is 0 Å². The molecule has 0 aliphatic heterocycles. The number of ether oxygens (including phenoxy) is 3. The second kappa shape index (κ2) is 61.9. The topological polar surface area (TPSA) is 78.9 Å². The molecule has 1 atom stereocenters. The maximum Gasteiger partial charge on any atom is 0.306 e. The van der Waals surface area contributed by atoms with Gasteiger partial charge >= 0.3 is 17.9 Å². The summed E-state index contributed by atoms with van der Waals surface area (Å²) >= 11 is 0. The number of hydrogen-bond donors (Lipinski definition) is 0. The molecular weight excluding hydrogens is 901 g/mol. The Labute approximate surface area is 454 Å². The first-order valence-corrected chi connectivity index (χ1v) is 32.1. The fraction of sp³-hybridized carbons (Fsp3) is 0.836. The number of allylic oxidation sites excluding steroid dienone is 8. The number of hydrogen-bond acceptors (Lipinski definition) is 6. The van der Waals surface area contributed by atoms with Crippen molar-refractivity contribution in [2.45, 2.75) is 348 Å². The Hall–Kier alpha value is -2.63. The second-order valence-electron chi connectivity index (χ2n) is 21.7. The van der Waals surface area contributed by atoms with Crippen molar-refractivity contribution >= 4 is 17.9 Å². The molecule has 0 spiro atoms. The highest BCUT2D eigenvalue weighted by molar-refractivity contribution is 5.71. The first-order valence-electron chi connectivity index (χ1n) is 32.1. The number of rotatable bonds is 59. The Kier molecular flexibility index (Phi) is 59.7.